The molecule has 0 saturated carbocycles. The average Bonchev–Trinajstić information content (AvgIpc) is 2.46. The lowest BCUT2D eigenvalue weighted by molar-refractivity contribution is 0.0952. The molecule has 6 heteroatoms. The van der Waals surface area contributed by atoms with Crippen LogP contribution in [0.3, 0.4) is 0 Å². The van der Waals surface area contributed by atoms with Crippen molar-refractivity contribution in [2.75, 3.05) is 20.2 Å². The molecule has 2 rings (SSSR count). The molecule has 5 nitrogen and oxygen atoms in total. The molecule has 0 aliphatic rings. The maximum atomic E-state index is 12.1. The molecule has 1 heterocycles. The quantitative estimate of drug-likeness (QED) is 0.829. The second-order valence-corrected chi connectivity index (χ2v) is 4.58. The topological polar surface area (TPSA) is 77.2 Å². The largest absolute Gasteiger partial charge is 0.497 e. The van der Waals surface area contributed by atoms with Crippen LogP contribution >= 0.6 is 12.4 Å². The molecular weight excluding hydrogens is 290 g/mol. The van der Waals surface area contributed by atoms with Crippen molar-refractivity contribution < 1.29 is 9.53 Å². The molecule has 0 bridgehead atoms. The van der Waals surface area contributed by atoms with Crippen LogP contribution in [0.5, 0.6) is 5.75 Å². The number of nitrogens with two attached hydrogens (primary N) is 1. The Labute approximate surface area is 130 Å². The van der Waals surface area contributed by atoms with Gasteiger partial charge in [-0.05, 0) is 38.1 Å². The minimum absolute atomic E-state index is 0. The van der Waals surface area contributed by atoms with Crippen LogP contribution in [0.25, 0.3) is 10.9 Å². The summed E-state index contributed by atoms with van der Waals surface area (Å²) in [5.74, 6) is 0.644. The lowest BCUT2D eigenvalue weighted by atomic mass is 10.1. The predicted molar refractivity (Wildman–Crippen MR) is 86.3 cm³/mol. The molecule has 114 valence electrons. The standard InChI is InChI=1S/C15H19N3O2.ClH/c1-10-13(15(19)17-7-3-6-16)8-11-4-5-12(20-2)9-14(11)18-10;/h4-5,8-9H,3,6-7,16H2,1-2H3,(H,17,19);1H. The van der Waals surface area contributed by atoms with Crippen LogP contribution in [0, 0.1) is 6.92 Å². The first-order valence-corrected chi connectivity index (χ1v) is 6.59. The fourth-order valence-electron chi connectivity index (χ4n) is 2.00. The monoisotopic (exact) mass is 309 g/mol. The Morgan fingerprint density at radius 3 is 2.81 bits per heavy atom. The number of benzene rings is 1. The van der Waals surface area contributed by atoms with Crippen molar-refractivity contribution in [3.8, 4) is 5.75 Å². The molecule has 0 atom stereocenters. The fourth-order valence-corrected chi connectivity index (χ4v) is 2.00. The van der Waals surface area contributed by atoms with Crippen LogP contribution in [0.15, 0.2) is 24.3 Å². The van der Waals surface area contributed by atoms with Crippen LogP contribution in [-0.2, 0) is 0 Å². The number of nitrogens with one attached hydrogen (secondary N) is 1. The van der Waals surface area contributed by atoms with Gasteiger partial charge in [0, 0.05) is 18.0 Å². The Balaban J connectivity index is 0.00000220. The smallest absolute Gasteiger partial charge is 0.253 e. The maximum absolute atomic E-state index is 12.1. The van der Waals surface area contributed by atoms with Gasteiger partial charge >= 0.3 is 0 Å². The summed E-state index contributed by atoms with van der Waals surface area (Å²) in [7, 11) is 1.62. The van der Waals surface area contributed by atoms with Gasteiger partial charge in [-0.15, -0.1) is 12.4 Å². The van der Waals surface area contributed by atoms with E-state index >= 15 is 0 Å². The molecule has 21 heavy (non-hydrogen) atoms. The first-order chi connectivity index (χ1) is 9.65. The van der Waals surface area contributed by atoms with Gasteiger partial charge in [0.25, 0.3) is 5.91 Å². The van der Waals surface area contributed by atoms with Crippen molar-refractivity contribution in [1.82, 2.24) is 10.3 Å². The number of hydrogen-bond donors (Lipinski definition) is 2. The number of pyridine rings is 1. The fraction of sp³-hybridized carbons (Fsp3) is 0.333. The normalized spacial score (nSPS) is 10.0. The van der Waals surface area contributed by atoms with Gasteiger partial charge in [0.05, 0.1) is 23.9 Å². The summed E-state index contributed by atoms with van der Waals surface area (Å²) in [4.78, 5) is 16.6. The number of aryl methyl sites for hydroxylation is 1. The Bertz CT molecular complexity index is 632. The highest BCUT2D eigenvalue weighted by molar-refractivity contribution is 5.98. The van der Waals surface area contributed by atoms with Crippen LogP contribution in [0.2, 0.25) is 0 Å². The molecule has 2 aromatic rings. The number of methoxy groups -OCH3 is 1. The highest BCUT2D eigenvalue weighted by Gasteiger charge is 2.11. The molecule has 0 fully saturated rings. The van der Waals surface area contributed by atoms with Gasteiger partial charge in [0.15, 0.2) is 0 Å². The van der Waals surface area contributed by atoms with Crippen LogP contribution in [0.4, 0.5) is 0 Å². The Morgan fingerprint density at radius 2 is 2.14 bits per heavy atom. The van der Waals surface area contributed by atoms with Crippen molar-refractivity contribution in [3.63, 3.8) is 0 Å². The van der Waals surface area contributed by atoms with E-state index in [2.05, 4.69) is 10.3 Å². The van der Waals surface area contributed by atoms with E-state index in [-0.39, 0.29) is 18.3 Å². The Hall–Kier alpha value is -1.85. The minimum Gasteiger partial charge on any atom is -0.497 e. The number of hydrogen-bond acceptors (Lipinski definition) is 4. The summed E-state index contributed by atoms with van der Waals surface area (Å²) in [6.07, 6.45) is 0.767. The average molecular weight is 310 g/mol. The Kier molecular flexibility index (Phi) is 6.39. The number of ether oxygens (including phenoxy) is 1. The zero-order valence-corrected chi connectivity index (χ0v) is 13.0. The zero-order chi connectivity index (χ0) is 14.5. The lowest BCUT2D eigenvalue weighted by Gasteiger charge is -2.09. The van der Waals surface area contributed by atoms with Gasteiger partial charge in [-0.2, -0.15) is 0 Å². The molecular formula is C15H20ClN3O2. The van der Waals surface area contributed by atoms with E-state index in [1.165, 1.54) is 0 Å². The highest BCUT2D eigenvalue weighted by Crippen LogP contribution is 2.21. The minimum atomic E-state index is -0.110. The van der Waals surface area contributed by atoms with Crippen molar-refractivity contribution in [3.05, 3.63) is 35.5 Å². The van der Waals surface area contributed by atoms with Gasteiger partial charge in [-0.3, -0.25) is 9.78 Å². The summed E-state index contributed by atoms with van der Waals surface area (Å²) in [6, 6.07) is 7.47. The molecule has 1 amide bonds. The van der Waals surface area contributed by atoms with Crippen LogP contribution in [0.1, 0.15) is 22.5 Å². The van der Waals surface area contributed by atoms with Crippen molar-refractivity contribution >= 4 is 29.2 Å². The lowest BCUT2D eigenvalue weighted by Crippen LogP contribution is -2.26. The maximum Gasteiger partial charge on any atom is 0.253 e. The van der Waals surface area contributed by atoms with E-state index in [9.17, 15) is 4.79 Å². The summed E-state index contributed by atoms with van der Waals surface area (Å²) in [5.41, 5.74) is 7.53. The van der Waals surface area contributed by atoms with Crippen molar-refractivity contribution in [2.24, 2.45) is 5.73 Å². The van der Waals surface area contributed by atoms with Crippen LogP contribution < -0.4 is 15.8 Å². The number of halogens is 1. The molecule has 3 N–H and O–H groups in total. The van der Waals surface area contributed by atoms with E-state index in [1.807, 2.05) is 31.2 Å². The van der Waals surface area contributed by atoms with Crippen LogP contribution in [-0.4, -0.2) is 31.1 Å². The van der Waals surface area contributed by atoms with Gasteiger partial charge in [-0.25, -0.2) is 0 Å². The second-order valence-electron chi connectivity index (χ2n) is 4.58. The van der Waals surface area contributed by atoms with E-state index in [4.69, 9.17) is 10.5 Å². The molecule has 0 aliphatic heterocycles. The molecule has 1 aromatic heterocycles. The van der Waals surface area contributed by atoms with E-state index in [0.717, 1.165) is 23.1 Å². The third-order valence-corrected chi connectivity index (χ3v) is 3.13. The first kappa shape index (κ1) is 17.2. The molecule has 0 aliphatic carbocycles. The molecule has 0 spiro atoms. The number of carbonyl (C=O) groups is 1. The Morgan fingerprint density at radius 1 is 1.38 bits per heavy atom. The van der Waals surface area contributed by atoms with E-state index in [0.29, 0.717) is 24.3 Å². The third kappa shape index (κ3) is 4.06. The number of rotatable bonds is 5. The van der Waals surface area contributed by atoms with Gasteiger partial charge in [-0.1, -0.05) is 0 Å². The highest BCUT2D eigenvalue weighted by atomic mass is 35.5. The summed E-state index contributed by atoms with van der Waals surface area (Å²) >= 11 is 0. The van der Waals surface area contributed by atoms with Crippen molar-refractivity contribution in [1.29, 1.82) is 0 Å². The van der Waals surface area contributed by atoms with Gasteiger partial charge < -0.3 is 15.8 Å². The molecule has 0 radical (unpaired) electrons. The number of fused-ring (bicyclic) bond motifs is 1. The summed E-state index contributed by atoms with van der Waals surface area (Å²) in [5, 5.41) is 3.76. The van der Waals surface area contributed by atoms with Gasteiger partial charge in [0.2, 0.25) is 0 Å². The molecule has 1 aromatic carbocycles. The second kappa shape index (κ2) is 7.81. The first-order valence-electron chi connectivity index (χ1n) is 6.59. The van der Waals surface area contributed by atoms with E-state index < -0.39 is 0 Å². The molecule has 0 saturated heterocycles. The summed E-state index contributed by atoms with van der Waals surface area (Å²) in [6.45, 7) is 2.97. The number of nitrogens with zero attached hydrogens (tertiary/aromatic N) is 1. The summed E-state index contributed by atoms with van der Waals surface area (Å²) < 4.78 is 5.17. The number of amides is 1. The SMILES string of the molecule is COc1ccc2cc(C(=O)NCCCN)c(C)nc2c1.Cl. The third-order valence-electron chi connectivity index (χ3n) is 3.13. The predicted octanol–water partition coefficient (Wildman–Crippen LogP) is 2.05. The number of carbonyl (C=O) groups excluding carboxylic acids is 1. The number of aromatic nitrogens is 1. The van der Waals surface area contributed by atoms with Crippen molar-refractivity contribution in [2.45, 2.75) is 13.3 Å². The zero-order valence-electron chi connectivity index (χ0n) is 12.2. The van der Waals surface area contributed by atoms with E-state index in [1.54, 1.807) is 7.11 Å². The molecule has 0 unspecified atom stereocenters. The van der Waals surface area contributed by atoms with Gasteiger partial charge in [0.1, 0.15) is 5.75 Å².